The summed E-state index contributed by atoms with van der Waals surface area (Å²) >= 11 is 2.72. The molecule has 3 N–H and O–H groups in total. The molecule has 9 heteroatoms. The number of carbonyl (C=O) groups excluding carboxylic acids is 1. The van der Waals surface area contributed by atoms with Crippen LogP contribution in [0, 0.1) is 29.6 Å². The number of carbonyl (C=O) groups is 1. The van der Waals surface area contributed by atoms with Crippen molar-refractivity contribution >= 4 is 40.6 Å². The fourth-order valence-electron chi connectivity index (χ4n) is 2.66. The number of nitriles is 2. The number of nitrogens with zero attached hydrogens (tertiary/aromatic N) is 4. The largest absolute Gasteiger partial charge is 0.383 e. The first-order valence-corrected chi connectivity index (χ1v) is 10.5. The molecule has 0 aliphatic heterocycles. The number of thiophene rings is 1. The maximum Gasteiger partial charge on any atom is 0.226 e. The Hall–Kier alpha value is -3.40. The lowest BCUT2D eigenvalue weighted by Crippen LogP contribution is -2.13. The predicted octanol–water partition coefficient (Wildman–Crippen LogP) is 3.96. The smallest absolute Gasteiger partial charge is 0.226 e. The number of nitrogen functional groups attached to an aromatic ring is 1. The first kappa shape index (κ1) is 20.3. The molecule has 0 saturated carbocycles. The van der Waals surface area contributed by atoms with E-state index in [0.29, 0.717) is 27.7 Å². The van der Waals surface area contributed by atoms with E-state index in [4.69, 9.17) is 5.73 Å². The highest BCUT2D eigenvalue weighted by Gasteiger charge is 2.20. The molecule has 0 saturated heterocycles. The zero-order chi connectivity index (χ0) is 20.8. The molecule has 0 aromatic carbocycles. The van der Waals surface area contributed by atoms with Gasteiger partial charge in [-0.25, -0.2) is 9.97 Å². The van der Waals surface area contributed by atoms with Crippen LogP contribution in [0.2, 0.25) is 0 Å². The van der Waals surface area contributed by atoms with Gasteiger partial charge in [0.05, 0.1) is 5.56 Å². The van der Waals surface area contributed by atoms with Gasteiger partial charge in [0.25, 0.3) is 0 Å². The maximum atomic E-state index is 12.2. The molecular weight excluding hydrogens is 404 g/mol. The van der Waals surface area contributed by atoms with E-state index in [0.717, 1.165) is 11.3 Å². The summed E-state index contributed by atoms with van der Waals surface area (Å²) in [6.45, 7) is 1.85. The molecule has 144 valence electrons. The van der Waals surface area contributed by atoms with Crippen molar-refractivity contribution in [3.63, 3.8) is 0 Å². The molecule has 0 aliphatic carbocycles. The molecule has 0 aliphatic rings. The Morgan fingerprint density at radius 1 is 1.24 bits per heavy atom. The van der Waals surface area contributed by atoms with Gasteiger partial charge in [-0.05, 0) is 41.4 Å². The SMILES string of the molecule is Cc1cccc(NC(=O)CCSc2nc(N)c(C#N)c(-c3ccsc3)c2C#N)n1. The second-order valence-corrected chi connectivity index (χ2v) is 7.84. The van der Waals surface area contributed by atoms with Crippen molar-refractivity contribution in [2.45, 2.75) is 18.4 Å². The number of hydrogen-bond acceptors (Lipinski definition) is 8. The molecule has 7 nitrogen and oxygen atoms in total. The van der Waals surface area contributed by atoms with Crippen LogP contribution in [0.15, 0.2) is 40.1 Å². The van der Waals surface area contributed by atoms with Crippen LogP contribution in [0.5, 0.6) is 0 Å². The lowest BCUT2D eigenvalue weighted by atomic mass is 9.99. The van der Waals surface area contributed by atoms with Crippen LogP contribution in [0.3, 0.4) is 0 Å². The van der Waals surface area contributed by atoms with Gasteiger partial charge < -0.3 is 11.1 Å². The lowest BCUT2D eigenvalue weighted by molar-refractivity contribution is -0.115. The van der Waals surface area contributed by atoms with Gasteiger partial charge in [0.15, 0.2) is 0 Å². The molecule has 0 spiro atoms. The number of hydrogen-bond donors (Lipinski definition) is 2. The number of amides is 1. The molecule has 1 amide bonds. The first-order valence-electron chi connectivity index (χ1n) is 8.56. The maximum absolute atomic E-state index is 12.2. The Balaban J connectivity index is 1.77. The minimum absolute atomic E-state index is 0.0728. The molecule has 3 rings (SSSR count). The van der Waals surface area contributed by atoms with Gasteiger partial charge in [-0.1, -0.05) is 6.07 Å². The van der Waals surface area contributed by atoms with Crippen LogP contribution in [0.1, 0.15) is 23.2 Å². The predicted molar refractivity (Wildman–Crippen MR) is 114 cm³/mol. The van der Waals surface area contributed by atoms with Gasteiger partial charge in [-0.2, -0.15) is 21.9 Å². The summed E-state index contributed by atoms with van der Waals surface area (Å²) in [6, 6.07) is 11.4. The van der Waals surface area contributed by atoms with Gasteiger partial charge in [-0.3, -0.25) is 4.79 Å². The first-order chi connectivity index (χ1) is 14.0. The average Bonchev–Trinajstić information content (AvgIpc) is 3.22. The van der Waals surface area contributed by atoms with Crippen molar-refractivity contribution in [3.8, 4) is 23.3 Å². The molecule has 0 radical (unpaired) electrons. The van der Waals surface area contributed by atoms with Crippen LogP contribution in [-0.2, 0) is 4.79 Å². The van der Waals surface area contributed by atoms with E-state index in [-0.39, 0.29) is 23.7 Å². The van der Waals surface area contributed by atoms with Crippen LogP contribution >= 0.6 is 23.1 Å². The Bertz CT molecular complexity index is 1130. The Morgan fingerprint density at radius 3 is 2.69 bits per heavy atom. The number of aryl methyl sites for hydroxylation is 1. The Labute approximate surface area is 176 Å². The molecule has 3 aromatic rings. The molecule has 0 bridgehead atoms. The van der Waals surface area contributed by atoms with Crippen molar-refractivity contribution < 1.29 is 4.79 Å². The van der Waals surface area contributed by atoms with E-state index in [1.807, 2.05) is 42.0 Å². The second kappa shape index (κ2) is 9.20. The van der Waals surface area contributed by atoms with Crippen molar-refractivity contribution in [2.24, 2.45) is 0 Å². The number of rotatable bonds is 6. The fourth-order valence-corrected chi connectivity index (χ4v) is 4.24. The number of nitrogens with one attached hydrogen (secondary N) is 1. The normalized spacial score (nSPS) is 10.2. The zero-order valence-corrected chi connectivity index (χ0v) is 17.1. The van der Waals surface area contributed by atoms with Crippen LogP contribution in [-0.4, -0.2) is 21.6 Å². The third kappa shape index (κ3) is 4.72. The highest BCUT2D eigenvalue weighted by atomic mass is 32.2. The third-order valence-electron chi connectivity index (χ3n) is 3.95. The Morgan fingerprint density at radius 2 is 2.03 bits per heavy atom. The van der Waals surface area contributed by atoms with E-state index in [9.17, 15) is 15.3 Å². The summed E-state index contributed by atoms with van der Waals surface area (Å²) in [4.78, 5) is 20.6. The second-order valence-electron chi connectivity index (χ2n) is 5.97. The van der Waals surface area contributed by atoms with E-state index < -0.39 is 0 Å². The van der Waals surface area contributed by atoms with Crippen LogP contribution in [0.25, 0.3) is 11.1 Å². The average molecular weight is 421 g/mol. The summed E-state index contributed by atoms with van der Waals surface area (Å²) in [5.41, 5.74) is 8.50. The van der Waals surface area contributed by atoms with Crippen molar-refractivity contribution in [1.29, 1.82) is 10.5 Å². The van der Waals surface area contributed by atoms with E-state index >= 15 is 0 Å². The minimum atomic E-state index is -0.186. The highest BCUT2D eigenvalue weighted by molar-refractivity contribution is 7.99. The highest BCUT2D eigenvalue weighted by Crippen LogP contribution is 2.36. The summed E-state index contributed by atoms with van der Waals surface area (Å²) < 4.78 is 0. The molecular formula is C20H16N6OS2. The van der Waals surface area contributed by atoms with Gasteiger partial charge in [0.2, 0.25) is 5.91 Å². The van der Waals surface area contributed by atoms with Crippen LogP contribution in [0.4, 0.5) is 11.6 Å². The minimum Gasteiger partial charge on any atom is -0.383 e. The van der Waals surface area contributed by atoms with Gasteiger partial charge in [0, 0.05) is 23.4 Å². The number of thioether (sulfide) groups is 1. The molecule has 0 fully saturated rings. The lowest BCUT2D eigenvalue weighted by Gasteiger charge is -2.12. The summed E-state index contributed by atoms with van der Waals surface area (Å²) in [5.74, 6) is 0.781. The van der Waals surface area contributed by atoms with Crippen LogP contribution < -0.4 is 11.1 Å². The van der Waals surface area contributed by atoms with Gasteiger partial charge in [-0.15, -0.1) is 11.8 Å². The molecule has 3 aromatic heterocycles. The number of anilines is 2. The van der Waals surface area contributed by atoms with E-state index in [1.165, 1.54) is 23.1 Å². The van der Waals surface area contributed by atoms with E-state index in [2.05, 4.69) is 21.4 Å². The zero-order valence-electron chi connectivity index (χ0n) is 15.5. The summed E-state index contributed by atoms with van der Waals surface area (Å²) in [6.07, 6.45) is 0.209. The number of aromatic nitrogens is 2. The number of nitrogens with two attached hydrogens (primary N) is 1. The molecule has 0 atom stereocenters. The molecule has 0 unspecified atom stereocenters. The van der Waals surface area contributed by atoms with Crippen molar-refractivity contribution in [1.82, 2.24) is 9.97 Å². The summed E-state index contributed by atoms with van der Waals surface area (Å²) in [7, 11) is 0. The molecule has 29 heavy (non-hydrogen) atoms. The standard InChI is InChI=1S/C20H16N6OS2/c1-12-3-2-4-16(24-12)25-17(27)6-8-29-20-15(10-22)18(13-5-7-28-11-13)14(9-21)19(23)26-20/h2-5,7,11H,6,8H2,1H3,(H2,23,26)(H,24,25,27). The topological polar surface area (TPSA) is 128 Å². The third-order valence-corrected chi connectivity index (χ3v) is 5.61. The quantitative estimate of drug-likeness (QED) is 0.577. The fraction of sp³-hybridized carbons (Fsp3) is 0.150. The molecule has 3 heterocycles. The van der Waals surface area contributed by atoms with Gasteiger partial charge in [0.1, 0.15) is 34.4 Å². The van der Waals surface area contributed by atoms with Gasteiger partial charge >= 0.3 is 0 Å². The summed E-state index contributed by atoms with van der Waals surface area (Å²) in [5, 5.41) is 26.1. The number of pyridine rings is 2. The Kier molecular flexibility index (Phi) is 6.45. The van der Waals surface area contributed by atoms with E-state index in [1.54, 1.807) is 6.07 Å². The van der Waals surface area contributed by atoms with Crippen molar-refractivity contribution in [3.05, 3.63) is 51.8 Å². The van der Waals surface area contributed by atoms with Crippen molar-refractivity contribution in [2.75, 3.05) is 16.8 Å². The monoisotopic (exact) mass is 420 g/mol.